The fraction of sp³-hybridized carbons (Fsp3) is 0.316. The molecule has 2 heterocycles. The standard InChI is InChI=1S/C19H22BrN3O2/c1-19(2,3)22-18-17(21-16-9-6-12(20)11-23(16)18)14-10-13(24-4)7-8-15(14)25-5/h6-11,22H,1-5H3. The summed E-state index contributed by atoms with van der Waals surface area (Å²) in [6.45, 7) is 6.37. The van der Waals surface area contributed by atoms with Gasteiger partial charge in [-0.2, -0.15) is 0 Å². The molecular weight excluding hydrogens is 382 g/mol. The van der Waals surface area contributed by atoms with Gasteiger partial charge in [0.25, 0.3) is 0 Å². The first-order chi connectivity index (χ1) is 11.8. The van der Waals surface area contributed by atoms with Crippen molar-refractivity contribution in [2.75, 3.05) is 19.5 Å². The fourth-order valence-electron chi connectivity index (χ4n) is 2.68. The average molecular weight is 404 g/mol. The van der Waals surface area contributed by atoms with Crippen molar-refractivity contribution in [3.63, 3.8) is 0 Å². The molecule has 0 aliphatic heterocycles. The van der Waals surface area contributed by atoms with E-state index < -0.39 is 0 Å². The minimum atomic E-state index is -0.126. The number of nitrogens with zero attached hydrogens (tertiary/aromatic N) is 2. The highest BCUT2D eigenvalue weighted by Gasteiger charge is 2.22. The molecule has 0 atom stereocenters. The van der Waals surface area contributed by atoms with Gasteiger partial charge in [-0.25, -0.2) is 4.98 Å². The van der Waals surface area contributed by atoms with Crippen LogP contribution in [-0.4, -0.2) is 29.1 Å². The Bertz CT molecular complexity index is 913. The second kappa shape index (κ2) is 6.59. The minimum absolute atomic E-state index is 0.126. The lowest BCUT2D eigenvalue weighted by Gasteiger charge is -2.23. The molecule has 0 saturated carbocycles. The van der Waals surface area contributed by atoms with Gasteiger partial charge in [0.15, 0.2) is 0 Å². The van der Waals surface area contributed by atoms with Crippen LogP contribution in [0.1, 0.15) is 20.8 Å². The minimum Gasteiger partial charge on any atom is -0.497 e. The van der Waals surface area contributed by atoms with Crippen molar-refractivity contribution in [3.8, 4) is 22.8 Å². The third kappa shape index (κ3) is 3.58. The maximum Gasteiger partial charge on any atom is 0.139 e. The number of aromatic nitrogens is 2. The van der Waals surface area contributed by atoms with Crippen molar-refractivity contribution in [1.29, 1.82) is 0 Å². The first-order valence-electron chi connectivity index (χ1n) is 8.00. The molecule has 3 aromatic rings. The number of rotatable bonds is 4. The Morgan fingerprint density at radius 1 is 1.08 bits per heavy atom. The predicted octanol–water partition coefficient (Wildman–Crippen LogP) is 4.99. The SMILES string of the molecule is COc1ccc(OC)c(-c2nc3ccc(Br)cn3c2NC(C)(C)C)c1. The maximum atomic E-state index is 5.56. The summed E-state index contributed by atoms with van der Waals surface area (Å²) in [5.41, 5.74) is 2.44. The first kappa shape index (κ1) is 17.6. The van der Waals surface area contributed by atoms with E-state index in [2.05, 4.69) is 42.0 Å². The molecule has 0 aliphatic rings. The van der Waals surface area contributed by atoms with Gasteiger partial charge in [-0.05, 0) is 67.0 Å². The summed E-state index contributed by atoms with van der Waals surface area (Å²) in [5, 5.41) is 3.57. The Morgan fingerprint density at radius 2 is 1.84 bits per heavy atom. The van der Waals surface area contributed by atoms with Crippen LogP contribution in [0.5, 0.6) is 11.5 Å². The number of anilines is 1. The van der Waals surface area contributed by atoms with Crippen LogP contribution in [0.3, 0.4) is 0 Å². The summed E-state index contributed by atoms with van der Waals surface area (Å²) in [6.07, 6.45) is 2.01. The van der Waals surface area contributed by atoms with E-state index in [9.17, 15) is 0 Å². The summed E-state index contributed by atoms with van der Waals surface area (Å²) in [5.74, 6) is 2.42. The maximum absolute atomic E-state index is 5.56. The molecule has 1 aromatic carbocycles. The van der Waals surface area contributed by atoms with Crippen molar-refractivity contribution >= 4 is 27.4 Å². The molecule has 1 N–H and O–H groups in total. The molecule has 0 spiro atoms. The molecule has 0 fully saturated rings. The predicted molar refractivity (Wildman–Crippen MR) is 105 cm³/mol. The summed E-state index contributed by atoms with van der Waals surface area (Å²) < 4.78 is 14.0. The summed E-state index contributed by atoms with van der Waals surface area (Å²) in [7, 11) is 3.31. The summed E-state index contributed by atoms with van der Waals surface area (Å²) >= 11 is 3.54. The third-order valence-electron chi connectivity index (χ3n) is 3.74. The number of hydrogen-bond donors (Lipinski definition) is 1. The van der Waals surface area contributed by atoms with E-state index in [0.29, 0.717) is 0 Å². The molecule has 0 bridgehead atoms. The van der Waals surface area contributed by atoms with Crippen LogP contribution in [-0.2, 0) is 0 Å². The van der Waals surface area contributed by atoms with Crippen LogP contribution in [0.2, 0.25) is 0 Å². The lowest BCUT2D eigenvalue weighted by Crippen LogP contribution is -2.27. The number of halogens is 1. The number of pyridine rings is 1. The molecule has 0 aliphatic carbocycles. The van der Waals surface area contributed by atoms with Crippen molar-refractivity contribution in [2.45, 2.75) is 26.3 Å². The molecule has 0 unspecified atom stereocenters. The van der Waals surface area contributed by atoms with Crippen molar-refractivity contribution in [3.05, 3.63) is 41.0 Å². The topological polar surface area (TPSA) is 47.8 Å². The van der Waals surface area contributed by atoms with Gasteiger partial charge in [-0.3, -0.25) is 4.40 Å². The van der Waals surface area contributed by atoms with Gasteiger partial charge in [0.05, 0.1) is 14.2 Å². The number of hydrogen-bond acceptors (Lipinski definition) is 4. The highest BCUT2D eigenvalue weighted by Crippen LogP contribution is 2.38. The molecule has 25 heavy (non-hydrogen) atoms. The lowest BCUT2D eigenvalue weighted by atomic mass is 10.1. The van der Waals surface area contributed by atoms with Crippen LogP contribution < -0.4 is 14.8 Å². The van der Waals surface area contributed by atoms with Crippen LogP contribution in [0.15, 0.2) is 41.0 Å². The second-order valence-electron chi connectivity index (χ2n) is 6.83. The van der Waals surface area contributed by atoms with Gasteiger partial charge < -0.3 is 14.8 Å². The highest BCUT2D eigenvalue weighted by molar-refractivity contribution is 9.10. The lowest BCUT2D eigenvalue weighted by molar-refractivity contribution is 0.404. The Morgan fingerprint density at radius 3 is 2.48 bits per heavy atom. The molecule has 5 nitrogen and oxygen atoms in total. The number of nitrogens with one attached hydrogen (secondary N) is 1. The molecular formula is C19H22BrN3O2. The van der Waals surface area contributed by atoms with E-state index in [1.54, 1.807) is 14.2 Å². The Hall–Kier alpha value is -2.21. The summed E-state index contributed by atoms with van der Waals surface area (Å²) in [4.78, 5) is 4.84. The fourth-order valence-corrected chi connectivity index (χ4v) is 3.02. The number of benzene rings is 1. The van der Waals surface area contributed by atoms with Crippen LogP contribution in [0.25, 0.3) is 16.9 Å². The quantitative estimate of drug-likeness (QED) is 0.666. The van der Waals surface area contributed by atoms with Crippen LogP contribution >= 0.6 is 15.9 Å². The van der Waals surface area contributed by atoms with E-state index in [0.717, 1.165) is 38.7 Å². The van der Waals surface area contributed by atoms with E-state index in [4.69, 9.17) is 14.5 Å². The van der Waals surface area contributed by atoms with E-state index >= 15 is 0 Å². The third-order valence-corrected chi connectivity index (χ3v) is 4.21. The number of fused-ring (bicyclic) bond motifs is 1. The van der Waals surface area contributed by atoms with Crippen LogP contribution in [0.4, 0.5) is 5.82 Å². The molecule has 0 amide bonds. The van der Waals surface area contributed by atoms with Gasteiger partial charge in [-0.1, -0.05) is 0 Å². The highest BCUT2D eigenvalue weighted by atomic mass is 79.9. The van der Waals surface area contributed by atoms with Gasteiger partial charge >= 0.3 is 0 Å². The molecule has 132 valence electrons. The number of methoxy groups -OCH3 is 2. The second-order valence-corrected chi connectivity index (χ2v) is 7.74. The molecule has 0 saturated heterocycles. The van der Waals surface area contributed by atoms with Crippen molar-refractivity contribution < 1.29 is 9.47 Å². The molecule has 0 radical (unpaired) electrons. The normalized spacial score (nSPS) is 11.6. The van der Waals surface area contributed by atoms with Crippen LogP contribution in [0, 0.1) is 0 Å². The van der Waals surface area contributed by atoms with E-state index in [1.807, 2.05) is 40.9 Å². The first-order valence-corrected chi connectivity index (χ1v) is 8.80. The Kier molecular flexibility index (Phi) is 4.64. The monoisotopic (exact) mass is 403 g/mol. The molecule has 2 aromatic heterocycles. The summed E-state index contributed by atoms with van der Waals surface area (Å²) in [6, 6.07) is 9.69. The number of imidazole rings is 1. The van der Waals surface area contributed by atoms with Crippen molar-refractivity contribution in [2.24, 2.45) is 0 Å². The smallest absolute Gasteiger partial charge is 0.139 e. The van der Waals surface area contributed by atoms with E-state index in [-0.39, 0.29) is 5.54 Å². The van der Waals surface area contributed by atoms with Gasteiger partial charge in [0.2, 0.25) is 0 Å². The Labute approximate surface area is 156 Å². The Balaban J connectivity index is 2.30. The van der Waals surface area contributed by atoms with Gasteiger partial charge in [0.1, 0.15) is 28.7 Å². The zero-order valence-electron chi connectivity index (χ0n) is 15.1. The van der Waals surface area contributed by atoms with E-state index in [1.165, 1.54) is 0 Å². The average Bonchev–Trinajstić information content (AvgIpc) is 2.90. The molecule has 3 rings (SSSR count). The van der Waals surface area contributed by atoms with Gasteiger partial charge in [0, 0.05) is 21.8 Å². The molecule has 6 heteroatoms. The van der Waals surface area contributed by atoms with Gasteiger partial charge in [-0.15, -0.1) is 0 Å². The zero-order chi connectivity index (χ0) is 18.2. The number of ether oxygens (including phenoxy) is 2. The van der Waals surface area contributed by atoms with Crippen molar-refractivity contribution in [1.82, 2.24) is 9.38 Å². The largest absolute Gasteiger partial charge is 0.497 e. The zero-order valence-corrected chi connectivity index (χ0v) is 16.6.